The first-order chi connectivity index (χ1) is 9.78. The monoisotopic (exact) mass is 332 g/mol. The Morgan fingerprint density at radius 3 is 3.05 bits per heavy atom. The van der Waals surface area contributed by atoms with E-state index in [9.17, 15) is 0 Å². The fourth-order valence-electron chi connectivity index (χ4n) is 3.22. The van der Waals surface area contributed by atoms with Gasteiger partial charge in [-0.3, -0.25) is 4.98 Å². The van der Waals surface area contributed by atoms with Crippen molar-refractivity contribution in [3.05, 3.63) is 36.0 Å². The van der Waals surface area contributed by atoms with Gasteiger partial charge in [0.25, 0.3) is 0 Å². The van der Waals surface area contributed by atoms with Crippen molar-refractivity contribution in [2.75, 3.05) is 23.3 Å². The van der Waals surface area contributed by atoms with Crippen LogP contribution in [0.1, 0.15) is 25.0 Å². The Morgan fingerprint density at radius 2 is 2.20 bits per heavy atom. The van der Waals surface area contributed by atoms with Crippen molar-refractivity contribution in [2.24, 2.45) is 5.92 Å². The van der Waals surface area contributed by atoms with Gasteiger partial charge in [-0.25, -0.2) is 0 Å². The molecule has 106 valence electrons. The van der Waals surface area contributed by atoms with Gasteiger partial charge in [0, 0.05) is 35.2 Å². The molecule has 0 aliphatic carbocycles. The minimum atomic E-state index is 0.815. The molecule has 3 rings (SSSR count). The molecule has 0 radical (unpaired) electrons. The molecule has 1 atom stereocenters. The van der Waals surface area contributed by atoms with Crippen LogP contribution in [-0.2, 0) is 0 Å². The largest absolute Gasteiger partial charge is 0.371 e. The number of pyridine rings is 1. The van der Waals surface area contributed by atoms with Gasteiger partial charge >= 0.3 is 0 Å². The number of benzene rings is 1. The maximum Gasteiger partial charge on any atom is 0.0726 e. The number of aryl methyl sites for hydroxylation is 1. The number of rotatable bonds is 3. The highest BCUT2D eigenvalue weighted by atomic mass is 79.9. The van der Waals surface area contributed by atoms with E-state index >= 15 is 0 Å². The molecule has 2 aromatic rings. The molecule has 1 fully saturated rings. The van der Waals surface area contributed by atoms with E-state index in [1.165, 1.54) is 43.4 Å². The van der Waals surface area contributed by atoms with Gasteiger partial charge in [-0.1, -0.05) is 34.1 Å². The lowest BCUT2D eigenvalue weighted by molar-refractivity contribution is 0.408. The van der Waals surface area contributed by atoms with Crippen LogP contribution in [0.2, 0.25) is 0 Å². The minimum absolute atomic E-state index is 0.815. The Bertz CT molecular complexity index is 595. The van der Waals surface area contributed by atoms with Crippen LogP contribution in [0.4, 0.5) is 5.69 Å². The third kappa shape index (κ3) is 2.83. The van der Waals surface area contributed by atoms with Gasteiger partial charge in [0.2, 0.25) is 0 Å². The normalized spacial score (nSPS) is 19.5. The topological polar surface area (TPSA) is 16.1 Å². The predicted molar refractivity (Wildman–Crippen MR) is 89.8 cm³/mol. The van der Waals surface area contributed by atoms with E-state index < -0.39 is 0 Å². The second kappa shape index (κ2) is 6.13. The number of anilines is 1. The molecule has 2 heterocycles. The highest BCUT2D eigenvalue weighted by Crippen LogP contribution is 2.31. The van der Waals surface area contributed by atoms with E-state index in [-0.39, 0.29) is 0 Å². The SMILES string of the molecule is Cc1cc(N2CCCC(CCBr)C2)c2ccccc2n1. The molecule has 20 heavy (non-hydrogen) atoms. The van der Waals surface area contributed by atoms with Crippen LogP contribution in [0.15, 0.2) is 30.3 Å². The molecular formula is C17H21BrN2. The number of alkyl halides is 1. The lowest BCUT2D eigenvalue weighted by Crippen LogP contribution is -2.35. The fourth-order valence-corrected chi connectivity index (χ4v) is 3.87. The van der Waals surface area contributed by atoms with Crippen LogP contribution < -0.4 is 4.90 Å². The third-order valence-corrected chi connectivity index (χ3v) is 4.66. The van der Waals surface area contributed by atoms with Crippen LogP contribution >= 0.6 is 15.9 Å². The van der Waals surface area contributed by atoms with Crippen LogP contribution in [0.3, 0.4) is 0 Å². The number of hydrogen-bond donors (Lipinski definition) is 0. The van der Waals surface area contributed by atoms with Crippen LogP contribution in [-0.4, -0.2) is 23.4 Å². The van der Waals surface area contributed by atoms with Crippen molar-refractivity contribution in [1.29, 1.82) is 0 Å². The number of hydrogen-bond acceptors (Lipinski definition) is 2. The van der Waals surface area contributed by atoms with E-state index in [0.717, 1.165) is 22.5 Å². The summed E-state index contributed by atoms with van der Waals surface area (Å²) in [6, 6.07) is 10.8. The van der Waals surface area contributed by atoms with Crippen molar-refractivity contribution in [1.82, 2.24) is 4.98 Å². The Kier molecular flexibility index (Phi) is 4.25. The summed E-state index contributed by atoms with van der Waals surface area (Å²) < 4.78 is 0. The van der Waals surface area contributed by atoms with Crippen LogP contribution in [0.25, 0.3) is 10.9 Å². The van der Waals surface area contributed by atoms with Crippen LogP contribution in [0.5, 0.6) is 0 Å². The van der Waals surface area contributed by atoms with Crippen molar-refractivity contribution < 1.29 is 0 Å². The summed E-state index contributed by atoms with van der Waals surface area (Å²) in [5, 5.41) is 2.40. The van der Waals surface area contributed by atoms with Gasteiger partial charge in [0.15, 0.2) is 0 Å². The van der Waals surface area contributed by atoms with Crippen molar-refractivity contribution in [3.63, 3.8) is 0 Å². The minimum Gasteiger partial charge on any atom is -0.371 e. The van der Waals surface area contributed by atoms with E-state index in [0.29, 0.717) is 0 Å². The molecule has 3 heteroatoms. The van der Waals surface area contributed by atoms with Gasteiger partial charge in [0.05, 0.1) is 5.52 Å². The van der Waals surface area contributed by atoms with Gasteiger partial charge in [-0.2, -0.15) is 0 Å². The summed E-state index contributed by atoms with van der Waals surface area (Å²) in [4.78, 5) is 7.22. The van der Waals surface area contributed by atoms with Gasteiger partial charge in [0.1, 0.15) is 0 Å². The summed E-state index contributed by atoms with van der Waals surface area (Å²) in [5.41, 5.74) is 3.60. The molecule has 0 spiro atoms. The molecule has 0 saturated carbocycles. The lowest BCUT2D eigenvalue weighted by Gasteiger charge is -2.35. The Hall–Kier alpha value is -1.09. The predicted octanol–water partition coefficient (Wildman–Crippen LogP) is 4.54. The zero-order valence-corrected chi connectivity index (χ0v) is 13.6. The molecule has 1 aromatic heterocycles. The molecule has 0 amide bonds. The highest BCUT2D eigenvalue weighted by Gasteiger charge is 2.21. The lowest BCUT2D eigenvalue weighted by atomic mass is 9.95. The molecule has 0 N–H and O–H groups in total. The molecule has 2 nitrogen and oxygen atoms in total. The Morgan fingerprint density at radius 1 is 1.35 bits per heavy atom. The molecule has 1 unspecified atom stereocenters. The van der Waals surface area contributed by atoms with E-state index in [4.69, 9.17) is 0 Å². The first-order valence-corrected chi connectivity index (χ1v) is 8.57. The molecule has 1 aliphatic heterocycles. The number of piperidine rings is 1. The van der Waals surface area contributed by atoms with Crippen molar-refractivity contribution in [3.8, 4) is 0 Å². The molecule has 1 aromatic carbocycles. The standard InChI is InChI=1S/C17H21BrN2/c1-13-11-17(15-6-2-3-7-16(15)19-13)20-10-4-5-14(12-20)8-9-18/h2-3,6-7,11,14H,4-5,8-10,12H2,1H3. The number of aromatic nitrogens is 1. The molecular weight excluding hydrogens is 312 g/mol. The zero-order chi connectivity index (χ0) is 13.9. The van der Waals surface area contributed by atoms with Gasteiger partial charge in [-0.05, 0) is 44.2 Å². The summed E-state index contributed by atoms with van der Waals surface area (Å²) in [6.45, 7) is 4.45. The maximum atomic E-state index is 4.65. The number of nitrogens with zero attached hydrogens (tertiary/aromatic N) is 2. The third-order valence-electron chi connectivity index (χ3n) is 4.20. The summed E-state index contributed by atoms with van der Waals surface area (Å²) in [6.07, 6.45) is 3.94. The van der Waals surface area contributed by atoms with E-state index in [1.54, 1.807) is 0 Å². The average molecular weight is 333 g/mol. The zero-order valence-electron chi connectivity index (χ0n) is 12.0. The quantitative estimate of drug-likeness (QED) is 0.767. The smallest absolute Gasteiger partial charge is 0.0726 e. The highest BCUT2D eigenvalue weighted by molar-refractivity contribution is 9.09. The first kappa shape index (κ1) is 13.9. The fraction of sp³-hybridized carbons (Fsp3) is 0.471. The Balaban J connectivity index is 1.96. The first-order valence-electron chi connectivity index (χ1n) is 7.45. The van der Waals surface area contributed by atoms with E-state index in [1.807, 2.05) is 0 Å². The summed E-state index contributed by atoms with van der Waals surface area (Å²) in [5.74, 6) is 0.815. The number of halogens is 1. The number of fused-ring (bicyclic) bond motifs is 1. The van der Waals surface area contributed by atoms with Crippen molar-refractivity contribution >= 4 is 32.5 Å². The second-order valence-corrected chi connectivity index (χ2v) is 6.52. The number of para-hydroxylation sites is 1. The average Bonchev–Trinajstić information content (AvgIpc) is 2.47. The second-order valence-electron chi connectivity index (χ2n) is 5.73. The van der Waals surface area contributed by atoms with Gasteiger partial charge in [-0.15, -0.1) is 0 Å². The van der Waals surface area contributed by atoms with Crippen LogP contribution in [0, 0.1) is 12.8 Å². The molecule has 1 aliphatic rings. The van der Waals surface area contributed by atoms with Crippen molar-refractivity contribution in [2.45, 2.75) is 26.2 Å². The maximum absolute atomic E-state index is 4.65. The molecule has 0 bridgehead atoms. The molecule has 1 saturated heterocycles. The summed E-state index contributed by atoms with van der Waals surface area (Å²) >= 11 is 3.58. The Labute approximate surface area is 129 Å². The van der Waals surface area contributed by atoms with E-state index in [2.05, 4.69) is 63.1 Å². The summed E-state index contributed by atoms with van der Waals surface area (Å²) in [7, 11) is 0. The van der Waals surface area contributed by atoms with Gasteiger partial charge < -0.3 is 4.90 Å².